The van der Waals surface area contributed by atoms with Crippen molar-refractivity contribution >= 4 is 11.8 Å². The Balaban J connectivity index is 2.13. The molecule has 0 atom stereocenters. The van der Waals surface area contributed by atoms with Crippen LogP contribution in [0.1, 0.15) is 38.5 Å². The van der Waals surface area contributed by atoms with Crippen LogP contribution in [0.5, 0.6) is 0 Å². The lowest BCUT2D eigenvalue weighted by Crippen LogP contribution is -2.11. The van der Waals surface area contributed by atoms with Crippen LogP contribution in [-0.4, -0.2) is 29.5 Å². The lowest BCUT2D eigenvalue weighted by Gasteiger charge is -2.12. The first-order valence-electron chi connectivity index (χ1n) is 6.30. The van der Waals surface area contributed by atoms with E-state index in [0.29, 0.717) is 12.6 Å². The minimum atomic E-state index is 0.292. The third-order valence-corrected chi connectivity index (χ3v) is 3.70. The molecule has 0 bridgehead atoms. The molecule has 0 aliphatic carbocycles. The number of aryl methyl sites for hydroxylation is 1. The number of aromatic nitrogens is 6. The Kier molecular flexibility index (Phi) is 4.54. The molecule has 104 valence electrons. The van der Waals surface area contributed by atoms with Crippen LogP contribution in [0.25, 0.3) is 0 Å². The predicted molar refractivity (Wildman–Crippen MR) is 73.6 cm³/mol. The first-order valence-corrected chi connectivity index (χ1v) is 7.29. The smallest absolute Gasteiger partial charge is 0.191 e. The van der Waals surface area contributed by atoms with Gasteiger partial charge in [-0.15, -0.1) is 10.2 Å². The van der Waals surface area contributed by atoms with E-state index in [-0.39, 0.29) is 0 Å². The maximum Gasteiger partial charge on any atom is 0.191 e. The Hall–Kier alpha value is -1.41. The summed E-state index contributed by atoms with van der Waals surface area (Å²) in [5.41, 5.74) is 5.68. The molecule has 0 saturated carbocycles. The Morgan fingerprint density at radius 2 is 2.11 bits per heavy atom. The fourth-order valence-corrected chi connectivity index (χ4v) is 2.89. The minimum Gasteiger partial charge on any atom is -0.324 e. The van der Waals surface area contributed by atoms with Crippen molar-refractivity contribution in [2.45, 2.75) is 50.8 Å². The van der Waals surface area contributed by atoms with Crippen molar-refractivity contribution in [3.63, 3.8) is 0 Å². The van der Waals surface area contributed by atoms with Gasteiger partial charge in [-0.2, -0.15) is 5.10 Å². The molecule has 2 heterocycles. The van der Waals surface area contributed by atoms with Gasteiger partial charge in [-0.25, -0.2) is 9.67 Å². The quantitative estimate of drug-likeness (QED) is 0.801. The summed E-state index contributed by atoms with van der Waals surface area (Å²) < 4.78 is 3.95. The van der Waals surface area contributed by atoms with E-state index < -0.39 is 0 Å². The van der Waals surface area contributed by atoms with Crippen LogP contribution in [0.2, 0.25) is 0 Å². The molecule has 0 spiro atoms. The Morgan fingerprint density at radius 3 is 2.74 bits per heavy atom. The van der Waals surface area contributed by atoms with Crippen LogP contribution in [0, 0.1) is 0 Å². The summed E-state index contributed by atoms with van der Waals surface area (Å²) in [7, 11) is 0. The summed E-state index contributed by atoms with van der Waals surface area (Å²) in [6.45, 7) is 7.46. The van der Waals surface area contributed by atoms with Gasteiger partial charge in [-0.3, -0.25) is 0 Å². The van der Waals surface area contributed by atoms with Crippen LogP contribution in [0.3, 0.4) is 0 Å². The Morgan fingerprint density at radius 1 is 1.32 bits per heavy atom. The van der Waals surface area contributed by atoms with E-state index in [4.69, 9.17) is 5.73 Å². The van der Waals surface area contributed by atoms with E-state index in [2.05, 4.69) is 38.7 Å². The third-order valence-electron chi connectivity index (χ3n) is 2.76. The van der Waals surface area contributed by atoms with Gasteiger partial charge >= 0.3 is 0 Å². The largest absolute Gasteiger partial charge is 0.324 e. The molecule has 19 heavy (non-hydrogen) atoms. The maximum absolute atomic E-state index is 5.68. The van der Waals surface area contributed by atoms with Gasteiger partial charge in [0.15, 0.2) is 5.16 Å². The van der Waals surface area contributed by atoms with Gasteiger partial charge in [0, 0.05) is 12.6 Å². The molecule has 0 amide bonds. The van der Waals surface area contributed by atoms with E-state index in [9.17, 15) is 0 Å². The van der Waals surface area contributed by atoms with Crippen molar-refractivity contribution in [2.24, 2.45) is 5.73 Å². The van der Waals surface area contributed by atoms with Crippen molar-refractivity contribution < 1.29 is 0 Å². The molecule has 2 N–H and O–H groups in total. The number of hydrogen-bond acceptors (Lipinski definition) is 6. The van der Waals surface area contributed by atoms with E-state index in [1.807, 2.05) is 11.6 Å². The predicted octanol–water partition coefficient (Wildman–Crippen LogP) is 1.22. The summed E-state index contributed by atoms with van der Waals surface area (Å²) in [6.07, 6.45) is 1.58. The third kappa shape index (κ3) is 2.95. The highest BCUT2D eigenvalue weighted by molar-refractivity contribution is 7.98. The van der Waals surface area contributed by atoms with Gasteiger partial charge in [0.2, 0.25) is 0 Å². The SMILES string of the molecule is CCn1ncnc1CSc1nnc(CN)n1C(C)C. The topological polar surface area (TPSA) is 87.4 Å². The first kappa shape index (κ1) is 14.0. The molecule has 0 radical (unpaired) electrons. The molecule has 0 aliphatic heterocycles. The van der Waals surface area contributed by atoms with E-state index >= 15 is 0 Å². The average Bonchev–Trinajstić information content (AvgIpc) is 3.01. The second kappa shape index (κ2) is 6.16. The maximum atomic E-state index is 5.68. The normalized spacial score (nSPS) is 11.4. The molecular weight excluding hydrogens is 262 g/mol. The zero-order valence-corrected chi connectivity index (χ0v) is 12.3. The molecule has 8 heteroatoms. The highest BCUT2D eigenvalue weighted by Crippen LogP contribution is 2.24. The van der Waals surface area contributed by atoms with Gasteiger partial charge < -0.3 is 10.3 Å². The molecule has 7 nitrogen and oxygen atoms in total. The van der Waals surface area contributed by atoms with Crippen LogP contribution >= 0.6 is 11.8 Å². The number of thioether (sulfide) groups is 1. The molecule has 0 fully saturated rings. The molecule has 2 aromatic heterocycles. The molecular formula is C11H19N7S. The highest BCUT2D eigenvalue weighted by Gasteiger charge is 2.15. The fraction of sp³-hybridized carbons (Fsp3) is 0.636. The van der Waals surface area contributed by atoms with Crippen molar-refractivity contribution in [3.8, 4) is 0 Å². The fourth-order valence-electron chi connectivity index (χ4n) is 1.86. The van der Waals surface area contributed by atoms with Crippen LogP contribution in [0.4, 0.5) is 0 Å². The molecule has 2 rings (SSSR count). The summed E-state index contributed by atoms with van der Waals surface area (Å²) >= 11 is 1.61. The van der Waals surface area contributed by atoms with Gasteiger partial charge in [0.1, 0.15) is 18.0 Å². The highest BCUT2D eigenvalue weighted by atomic mass is 32.2. The second-order valence-corrected chi connectivity index (χ2v) is 5.29. The molecule has 0 unspecified atom stereocenters. The van der Waals surface area contributed by atoms with Gasteiger partial charge in [0.05, 0.1) is 12.3 Å². The summed E-state index contributed by atoms with van der Waals surface area (Å²) in [5.74, 6) is 2.48. The first-order chi connectivity index (χ1) is 9.17. The van der Waals surface area contributed by atoms with Crippen molar-refractivity contribution in [3.05, 3.63) is 18.0 Å². The van der Waals surface area contributed by atoms with Crippen LogP contribution in [0.15, 0.2) is 11.5 Å². The lowest BCUT2D eigenvalue weighted by molar-refractivity contribution is 0.526. The van der Waals surface area contributed by atoms with Gasteiger partial charge in [0.25, 0.3) is 0 Å². The number of rotatable bonds is 6. The average molecular weight is 281 g/mol. The molecule has 0 saturated heterocycles. The molecule has 0 aromatic carbocycles. The molecule has 2 aromatic rings. The van der Waals surface area contributed by atoms with E-state index in [0.717, 1.165) is 29.1 Å². The van der Waals surface area contributed by atoms with Crippen LogP contribution in [-0.2, 0) is 18.8 Å². The monoisotopic (exact) mass is 281 g/mol. The molecule has 0 aliphatic rings. The van der Waals surface area contributed by atoms with Gasteiger partial charge in [-0.05, 0) is 20.8 Å². The van der Waals surface area contributed by atoms with Crippen LogP contribution < -0.4 is 5.73 Å². The number of hydrogen-bond donors (Lipinski definition) is 1. The van der Waals surface area contributed by atoms with Crippen molar-refractivity contribution in [1.82, 2.24) is 29.5 Å². The standard InChI is InChI=1S/C11H19N7S/c1-4-17-10(13-7-14-17)6-19-11-16-15-9(5-12)18(11)8(2)3/h7-8H,4-6,12H2,1-3H3. The van der Waals surface area contributed by atoms with Gasteiger partial charge in [-0.1, -0.05) is 11.8 Å². The minimum absolute atomic E-state index is 0.292. The second-order valence-electron chi connectivity index (χ2n) is 4.35. The summed E-state index contributed by atoms with van der Waals surface area (Å²) in [5, 5.41) is 13.4. The summed E-state index contributed by atoms with van der Waals surface area (Å²) in [6, 6.07) is 0.292. The van der Waals surface area contributed by atoms with E-state index in [1.165, 1.54) is 0 Å². The number of nitrogens with zero attached hydrogens (tertiary/aromatic N) is 6. The zero-order valence-electron chi connectivity index (χ0n) is 11.4. The van der Waals surface area contributed by atoms with E-state index in [1.54, 1.807) is 18.1 Å². The lowest BCUT2D eigenvalue weighted by atomic mass is 10.4. The number of nitrogens with two attached hydrogens (primary N) is 1. The zero-order chi connectivity index (χ0) is 13.8. The summed E-state index contributed by atoms with van der Waals surface area (Å²) in [4.78, 5) is 4.25. The van der Waals surface area contributed by atoms with Crippen molar-refractivity contribution in [1.29, 1.82) is 0 Å². The Bertz CT molecular complexity index is 531. The Labute approximate surface area is 116 Å². The van der Waals surface area contributed by atoms with Crippen molar-refractivity contribution in [2.75, 3.05) is 0 Å².